The quantitative estimate of drug-likeness (QED) is 0.205. The Bertz CT molecular complexity index is 1940. The second-order valence-electron chi connectivity index (χ2n) is 14.5. The molecule has 3 nitrogen and oxygen atoms in total. The lowest BCUT2D eigenvalue weighted by atomic mass is 9.79. The fourth-order valence-corrected chi connectivity index (χ4v) is 7.48. The molecule has 8 rings (SSSR count). The molecule has 0 spiro atoms. The highest BCUT2D eigenvalue weighted by molar-refractivity contribution is 6.60. The van der Waals surface area contributed by atoms with Crippen LogP contribution in [0.25, 0.3) is 44.3 Å². The number of benzene rings is 4. The molecule has 0 unspecified atom stereocenters. The summed E-state index contributed by atoms with van der Waals surface area (Å²) in [5.41, 5.74) is 11.8. The van der Waals surface area contributed by atoms with E-state index in [0.717, 1.165) is 11.3 Å². The third-order valence-corrected chi connectivity index (χ3v) is 10.8. The lowest BCUT2D eigenvalue weighted by Gasteiger charge is -2.32. The molecule has 210 valence electrons. The SMILES string of the molecule is CC1(C)c2cc(-c3ccc(B4OC(C)(C)C(C)(C)O4)o3)ccc2-c2cc3c(cc21)-c1c(ccc2ccccc12)C3(C)C. The van der Waals surface area contributed by atoms with Crippen molar-refractivity contribution in [3.63, 3.8) is 0 Å². The Labute approximate surface area is 249 Å². The Balaban J connectivity index is 1.22. The predicted molar refractivity (Wildman–Crippen MR) is 172 cm³/mol. The molecule has 0 N–H and O–H groups in total. The molecule has 4 heteroatoms. The van der Waals surface area contributed by atoms with Gasteiger partial charge in [0.05, 0.1) is 11.2 Å². The van der Waals surface area contributed by atoms with Gasteiger partial charge in [0.2, 0.25) is 0 Å². The molecule has 0 saturated carbocycles. The van der Waals surface area contributed by atoms with Crippen LogP contribution in [-0.2, 0) is 20.1 Å². The van der Waals surface area contributed by atoms with E-state index in [0.29, 0.717) is 5.66 Å². The zero-order valence-corrected chi connectivity index (χ0v) is 25.8. The van der Waals surface area contributed by atoms with Gasteiger partial charge in [0.15, 0.2) is 0 Å². The van der Waals surface area contributed by atoms with Crippen LogP contribution in [0.15, 0.2) is 83.3 Å². The molecule has 2 heterocycles. The van der Waals surface area contributed by atoms with Crippen LogP contribution in [0.3, 0.4) is 0 Å². The third kappa shape index (κ3) is 3.31. The average Bonchev–Trinajstić information content (AvgIpc) is 3.64. The molecule has 4 aromatic carbocycles. The first-order valence-corrected chi connectivity index (χ1v) is 15.1. The van der Waals surface area contributed by atoms with Crippen LogP contribution < -0.4 is 5.66 Å². The molecule has 5 aromatic rings. The molecule has 1 aromatic heterocycles. The van der Waals surface area contributed by atoms with Crippen LogP contribution in [0.1, 0.15) is 77.6 Å². The number of rotatable bonds is 2. The molecular formula is C38H37BO3. The van der Waals surface area contributed by atoms with E-state index in [-0.39, 0.29) is 10.8 Å². The Hall–Kier alpha value is -3.60. The van der Waals surface area contributed by atoms with E-state index in [9.17, 15) is 0 Å². The van der Waals surface area contributed by atoms with E-state index in [1.165, 1.54) is 55.3 Å². The highest BCUT2D eigenvalue weighted by Gasteiger charge is 2.53. The Morgan fingerprint density at radius 1 is 0.548 bits per heavy atom. The highest BCUT2D eigenvalue weighted by Crippen LogP contribution is 2.57. The third-order valence-electron chi connectivity index (χ3n) is 10.8. The number of fused-ring (bicyclic) bond motifs is 8. The summed E-state index contributed by atoms with van der Waals surface area (Å²) in [5, 5.41) is 2.64. The smallest absolute Gasteiger partial charge is 0.465 e. The summed E-state index contributed by atoms with van der Waals surface area (Å²) in [4.78, 5) is 0. The van der Waals surface area contributed by atoms with Gasteiger partial charge in [-0.3, -0.25) is 0 Å². The molecule has 1 fully saturated rings. The minimum Gasteiger partial charge on any atom is -0.465 e. The number of furan rings is 1. The van der Waals surface area contributed by atoms with E-state index in [2.05, 4.69) is 122 Å². The first-order chi connectivity index (χ1) is 19.8. The second kappa shape index (κ2) is 8.06. The van der Waals surface area contributed by atoms with Gasteiger partial charge in [-0.05, 0) is 113 Å². The summed E-state index contributed by atoms with van der Waals surface area (Å²) in [6.07, 6.45) is 0. The molecule has 2 aliphatic carbocycles. The fraction of sp³-hybridized carbons (Fsp3) is 0.316. The predicted octanol–water partition coefficient (Wildman–Crippen LogP) is 9.01. The van der Waals surface area contributed by atoms with Gasteiger partial charge in [0.1, 0.15) is 11.4 Å². The molecule has 3 aliphatic rings. The van der Waals surface area contributed by atoms with Gasteiger partial charge in [0.25, 0.3) is 0 Å². The molecule has 1 saturated heterocycles. The maximum atomic E-state index is 6.37. The topological polar surface area (TPSA) is 31.6 Å². The van der Waals surface area contributed by atoms with Crippen molar-refractivity contribution in [1.29, 1.82) is 0 Å². The Kier molecular flexibility index (Phi) is 5.00. The molecule has 0 radical (unpaired) electrons. The minimum absolute atomic E-state index is 0.0609. The van der Waals surface area contributed by atoms with Crippen LogP contribution in [0.4, 0.5) is 0 Å². The van der Waals surface area contributed by atoms with Crippen LogP contribution in [0.5, 0.6) is 0 Å². The molecular weight excluding hydrogens is 515 g/mol. The summed E-state index contributed by atoms with van der Waals surface area (Å²) in [6.45, 7) is 17.7. The first kappa shape index (κ1) is 26.1. The van der Waals surface area contributed by atoms with E-state index < -0.39 is 18.3 Å². The van der Waals surface area contributed by atoms with Crippen molar-refractivity contribution in [3.05, 3.63) is 101 Å². The van der Waals surface area contributed by atoms with Gasteiger partial charge in [0, 0.05) is 16.4 Å². The van der Waals surface area contributed by atoms with Gasteiger partial charge >= 0.3 is 7.12 Å². The van der Waals surface area contributed by atoms with Gasteiger partial charge in [-0.15, -0.1) is 0 Å². The molecule has 1 aliphatic heterocycles. The molecule has 0 bridgehead atoms. The average molecular weight is 553 g/mol. The fourth-order valence-electron chi connectivity index (χ4n) is 7.48. The minimum atomic E-state index is -0.511. The first-order valence-electron chi connectivity index (χ1n) is 15.1. The van der Waals surface area contributed by atoms with Crippen molar-refractivity contribution < 1.29 is 13.7 Å². The van der Waals surface area contributed by atoms with Gasteiger partial charge in [-0.25, -0.2) is 0 Å². The van der Waals surface area contributed by atoms with Crippen molar-refractivity contribution in [2.45, 2.75) is 77.4 Å². The molecule has 42 heavy (non-hydrogen) atoms. The number of hydrogen-bond acceptors (Lipinski definition) is 3. The Morgan fingerprint density at radius 2 is 1.19 bits per heavy atom. The molecule has 0 atom stereocenters. The monoisotopic (exact) mass is 552 g/mol. The summed E-state index contributed by atoms with van der Waals surface area (Å²) < 4.78 is 18.8. The van der Waals surface area contributed by atoms with E-state index in [1.54, 1.807) is 0 Å². The maximum Gasteiger partial charge on any atom is 0.532 e. The zero-order chi connectivity index (χ0) is 29.4. The summed E-state index contributed by atoms with van der Waals surface area (Å²) >= 11 is 0. The van der Waals surface area contributed by atoms with Gasteiger partial charge in [-0.1, -0.05) is 76.2 Å². The van der Waals surface area contributed by atoms with Crippen molar-refractivity contribution in [1.82, 2.24) is 0 Å². The van der Waals surface area contributed by atoms with Crippen LogP contribution in [-0.4, -0.2) is 18.3 Å². The standard InChI is InChI=1S/C38H37BO3/c1-35(2)28-16-14-22-11-9-10-12-24(22)34(28)27-21-30-26(20-31(27)35)25-15-13-23(19-29(25)36(30,3)4)32-17-18-33(40-32)39-41-37(5,6)38(7,8)42-39/h9-21H,1-8H3. The van der Waals surface area contributed by atoms with E-state index in [4.69, 9.17) is 13.7 Å². The number of hydrogen-bond donors (Lipinski definition) is 0. The van der Waals surface area contributed by atoms with Gasteiger partial charge < -0.3 is 13.7 Å². The Morgan fingerprint density at radius 3 is 1.95 bits per heavy atom. The normalized spacial score (nSPS) is 20.0. The van der Waals surface area contributed by atoms with E-state index in [1.807, 2.05) is 12.1 Å². The van der Waals surface area contributed by atoms with Crippen LogP contribution >= 0.6 is 0 Å². The van der Waals surface area contributed by atoms with E-state index >= 15 is 0 Å². The van der Waals surface area contributed by atoms with Crippen LogP contribution in [0.2, 0.25) is 0 Å². The lowest BCUT2D eigenvalue weighted by molar-refractivity contribution is 0.00578. The highest BCUT2D eigenvalue weighted by atomic mass is 16.7. The zero-order valence-electron chi connectivity index (χ0n) is 25.8. The maximum absolute atomic E-state index is 6.37. The van der Waals surface area contributed by atoms with Crippen molar-refractivity contribution >= 4 is 23.6 Å². The van der Waals surface area contributed by atoms with Crippen molar-refractivity contribution in [3.8, 4) is 33.6 Å². The summed E-state index contributed by atoms with van der Waals surface area (Å²) in [6, 6.07) is 29.2. The van der Waals surface area contributed by atoms with Crippen LogP contribution in [0, 0.1) is 0 Å². The van der Waals surface area contributed by atoms with Crippen molar-refractivity contribution in [2.75, 3.05) is 0 Å². The summed E-state index contributed by atoms with van der Waals surface area (Å²) in [7, 11) is -0.511. The summed E-state index contributed by atoms with van der Waals surface area (Å²) in [5.74, 6) is 0.832. The van der Waals surface area contributed by atoms with Gasteiger partial charge in [-0.2, -0.15) is 0 Å². The van der Waals surface area contributed by atoms with Crippen molar-refractivity contribution in [2.24, 2.45) is 0 Å². The lowest BCUT2D eigenvalue weighted by Crippen LogP contribution is -2.41. The largest absolute Gasteiger partial charge is 0.532 e. The molecule has 0 amide bonds. The second-order valence-corrected chi connectivity index (χ2v) is 14.5.